The first kappa shape index (κ1) is 15.0. The van der Waals surface area contributed by atoms with Gasteiger partial charge in [0, 0.05) is 11.3 Å². The van der Waals surface area contributed by atoms with Crippen molar-refractivity contribution in [1.29, 1.82) is 0 Å². The van der Waals surface area contributed by atoms with Crippen LogP contribution in [0.5, 0.6) is 0 Å². The molecule has 2 aromatic rings. The van der Waals surface area contributed by atoms with Crippen LogP contribution in [0.3, 0.4) is 0 Å². The third-order valence-electron chi connectivity index (χ3n) is 3.48. The molecule has 2 N–H and O–H groups in total. The van der Waals surface area contributed by atoms with Crippen LogP contribution in [0.2, 0.25) is 0 Å². The molecule has 0 saturated heterocycles. The largest absolute Gasteiger partial charge is 0.457 e. The number of nitrogens with two attached hydrogens (primary N) is 1. The van der Waals surface area contributed by atoms with E-state index in [1.165, 1.54) is 6.07 Å². The van der Waals surface area contributed by atoms with Gasteiger partial charge in [-0.15, -0.1) is 0 Å². The Morgan fingerprint density at radius 1 is 1.19 bits per heavy atom. The number of hydrogen-bond donors (Lipinski definition) is 1. The van der Waals surface area contributed by atoms with Gasteiger partial charge in [-0.05, 0) is 44.0 Å². The number of halogens is 1. The number of aryl methyl sites for hydroxylation is 2. The van der Waals surface area contributed by atoms with Crippen LogP contribution in [0.25, 0.3) is 0 Å². The molecule has 0 bridgehead atoms. The van der Waals surface area contributed by atoms with Crippen LogP contribution < -0.4 is 5.73 Å². The predicted molar refractivity (Wildman–Crippen MR) is 80.6 cm³/mol. The first-order valence-corrected chi connectivity index (χ1v) is 6.67. The summed E-state index contributed by atoms with van der Waals surface area (Å²) in [5.74, 6) is -1.09. The number of hydrogen-bond acceptors (Lipinski definition) is 3. The van der Waals surface area contributed by atoms with Gasteiger partial charge in [0.15, 0.2) is 0 Å². The summed E-state index contributed by atoms with van der Waals surface area (Å²) in [5, 5.41) is 0. The second-order valence-corrected chi connectivity index (χ2v) is 5.18. The predicted octanol–water partition coefficient (Wildman–Crippen LogP) is 3.69. The first-order chi connectivity index (χ1) is 9.88. The average Bonchev–Trinajstić information content (AvgIpc) is 2.44. The maximum atomic E-state index is 13.6. The first-order valence-electron chi connectivity index (χ1n) is 6.67. The fraction of sp³-hybridized carbons (Fsp3) is 0.235. The molecule has 0 aromatic heterocycles. The van der Waals surface area contributed by atoms with Gasteiger partial charge in [0.05, 0.1) is 5.56 Å². The van der Waals surface area contributed by atoms with Crippen LogP contribution in [0.1, 0.15) is 32.6 Å². The van der Waals surface area contributed by atoms with E-state index in [-0.39, 0.29) is 17.9 Å². The molecule has 0 spiro atoms. The molecular weight excluding hydrogens is 269 g/mol. The number of anilines is 1. The lowest BCUT2D eigenvalue weighted by molar-refractivity contribution is 0.0471. The highest BCUT2D eigenvalue weighted by Gasteiger charge is 2.13. The lowest BCUT2D eigenvalue weighted by atomic mass is 10.1. The van der Waals surface area contributed by atoms with Crippen molar-refractivity contribution in [1.82, 2.24) is 0 Å². The van der Waals surface area contributed by atoms with Gasteiger partial charge in [-0.3, -0.25) is 0 Å². The number of rotatable bonds is 3. The molecular formula is C17H18FNO2. The highest BCUT2D eigenvalue weighted by atomic mass is 19.1. The summed E-state index contributed by atoms with van der Waals surface area (Å²) in [5.41, 5.74) is 9.44. The monoisotopic (exact) mass is 287 g/mol. The molecule has 2 rings (SSSR count). The van der Waals surface area contributed by atoms with Crippen LogP contribution >= 0.6 is 0 Å². The molecule has 0 heterocycles. The lowest BCUT2D eigenvalue weighted by Crippen LogP contribution is -2.08. The Kier molecular flexibility index (Phi) is 4.26. The van der Waals surface area contributed by atoms with E-state index in [1.807, 2.05) is 32.0 Å². The zero-order valence-corrected chi connectivity index (χ0v) is 12.4. The van der Waals surface area contributed by atoms with E-state index >= 15 is 0 Å². The maximum absolute atomic E-state index is 13.6. The van der Waals surface area contributed by atoms with Gasteiger partial charge < -0.3 is 10.5 Å². The molecule has 0 aliphatic heterocycles. The molecule has 0 radical (unpaired) electrons. The summed E-state index contributed by atoms with van der Waals surface area (Å²) >= 11 is 0. The van der Waals surface area contributed by atoms with Gasteiger partial charge >= 0.3 is 5.97 Å². The van der Waals surface area contributed by atoms with E-state index in [0.29, 0.717) is 5.56 Å². The van der Waals surface area contributed by atoms with E-state index in [4.69, 9.17) is 10.5 Å². The molecule has 0 aliphatic carbocycles. The second kappa shape index (κ2) is 5.95. The van der Waals surface area contributed by atoms with Crippen LogP contribution in [0.4, 0.5) is 10.1 Å². The topological polar surface area (TPSA) is 52.3 Å². The molecule has 0 fully saturated rings. The van der Waals surface area contributed by atoms with Crippen molar-refractivity contribution in [2.24, 2.45) is 0 Å². The Morgan fingerprint density at radius 2 is 1.90 bits per heavy atom. The Balaban J connectivity index is 2.13. The molecule has 0 unspecified atom stereocenters. The molecule has 0 atom stereocenters. The average molecular weight is 287 g/mol. The van der Waals surface area contributed by atoms with Gasteiger partial charge in [0.2, 0.25) is 0 Å². The summed E-state index contributed by atoms with van der Waals surface area (Å²) in [4.78, 5) is 12.0. The van der Waals surface area contributed by atoms with E-state index < -0.39 is 11.8 Å². The molecule has 0 aliphatic rings. The molecule has 21 heavy (non-hydrogen) atoms. The second-order valence-electron chi connectivity index (χ2n) is 5.18. The highest BCUT2D eigenvalue weighted by molar-refractivity contribution is 5.90. The van der Waals surface area contributed by atoms with Crippen LogP contribution in [-0.4, -0.2) is 5.97 Å². The van der Waals surface area contributed by atoms with E-state index in [9.17, 15) is 9.18 Å². The minimum absolute atomic E-state index is 0.126. The SMILES string of the molecule is Cc1ccc(C)c(COC(=O)c2cc(N)c(C)c(F)c2)c1. The van der Waals surface area contributed by atoms with E-state index in [1.54, 1.807) is 6.92 Å². The van der Waals surface area contributed by atoms with Crippen LogP contribution in [0.15, 0.2) is 30.3 Å². The van der Waals surface area contributed by atoms with Crippen molar-refractivity contribution >= 4 is 11.7 Å². The van der Waals surface area contributed by atoms with Crippen LogP contribution in [0, 0.1) is 26.6 Å². The van der Waals surface area contributed by atoms with Crippen molar-refractivity contribution in [2.45, 2.75) is 27.4 Å². The zero-order valence-electron chi connectivity index (χ0n) is 12.4. The molecule has 0 amide bonds. The molecule has 3 nitrogen and oxygen atoms in total. The standard InChI is InChI=1S/C17H18FNO2/c1-10-4-5-11(2)14(6-10)9-21-17(20)13-7-15(18)12(3)16(19)8-13/h4-8H,9,19H2,1-3H3. The number of esters is 1. The summed E-state index contributed by atoms with van der Waals surface area (Å²) < 4.78 is 18.8. The Labute approximate surface area is 123 Å². The quantitative estimate of drug-likeness (QED) is 0.692. The number of nitrogen functional groups attached to an aromatic ring is 1. The van der Waals surface area contributed by atoms with Crippen molar-refractivity contribution < 1.29 is 13.9 Å². The fourth-order valence-corrected chi connectivity index (χ4v) is 2.00. The zero-order chi connectivity index (χ0) is 15.6. The Bertz CT molecular complexity index is 672. The molecule has 2 aromatic carbocycles. The third kappa shape index (κ3) is 3.40. The van der Waals surface area contributed by atoms with Gasteiger partial charge in [0.1, 0.15) is 12.4 Å². The highest BCUT2D eigenvalue weighted by Crippen LogP contribution is 2.19. The van der Waals surface area contributed by atoms with Gasteiger partial charge in [-0.25, -0.2) is 9.18 Å². The van der Waals surface area contributed by atoms with Crippen molar-refractivity contribution in [3.05, 3.63) is 64.0 Å². The van der Waals surface area contributed by atoms with Gasteiger partial charge in [-0.2, -0.15) is 0 Å². The molecule has 4 heteroatoms. The summed E-state index contributed by atoms with van der Waals surface area (Å²) in [7, 11) is 0. The minimum Gasteiger partial charge on any atom is -0.457 e. The van der Waals surface area contributed by atoms with Crippen molar-refractivity contribution in [3.8, 4) is 0 Å². The Morgan fingerprint density at radius 3 is 2.57 bits per heavy atom. The van der Waals surface area contributed by atoms with Gasteiger partial charge in [0.25, 0.3) is 0 Å². The summed E-state index contributed by atoms with van der Waals surface area (Å²) in [6.45, 7) is 5.64. The third-order valence-corrected chi connectivity index (χ3v) is 3.48. The number of carbonyl (C=O) groups excluding carboxylic acids is 1. The van der Waals surface area contributed by atoms with E-state index in [2.05, 4.69) is 0 Å². The normalized spacial score (nSPS) is 10.5. The Hall–Kier alpha value is -2.36. The molecule has 0 saturated carbocycles. The lowest BCUT2D eigenvalue weighted by Gasteiger charge is -2.10. The van der Waals surface area contributed by atoms with Gasteiger partial charge in [-0.1, -0.05) is 23.8 Å². The van der Waals surface area contributed by atoms with Crippen LogP contribution in [-0.2, 0) is 11.3 Å². The minimum atomic E-state index is -0.582. The summed E-state index contributed by atoms with van der Waals surface area (Å²) in [6.07, 6.45) is 0. The van der Waals surface area contributed by atoms with E-state index in [0.717, 1.165) is 22.8 Å². The number of benzene rings is 2. The smallest absolute Gasteiger partial charge is 0.338 e. The maximum Gasteiger partial charge on any atom is 0.338 e. The van der Waals surface area contributed by atoms with Crippen molar-refractivity contribution in [2.75, 3.05) is 5.73 Å². The fourth-order valence-electron chi connectivity index (χ4n) is 2.00. The summed E-state index contributed by atoms with van der Waals surface area (Å²) in [6, 6.07) is 8.52. The number of ether oxygens (including phenoxy) is 1. The molecule has 110 valence electrons. The number of carbonyl (C=O) groups is 1. The van der Waals surface area contributed by atoms with Crippen molar-refractivity contribution in [3.63, 3.8) is 0 Å².